The van der Waals surface area contributed by atoms with Gasteiger partial charge in [0.25, 0.3) is 0 Å². The Morgan fingerprint density at radius 1 is 1.19 bits per heavy atom. The average molecular weight is 307 g/mol. The number of anilines is 1. The molecule has 1 aromatic heterocycles. The van der Waals surface area contributed by atoms with Crippen LogP contribution in [0.3, 0.4) is 0 Å². The molecule has 0 saturated carbocycles. The summed E-state index contributed by atoms with van der Waals surface area (Å²) < 4.78 is 39.6. The zero-order valence-corrected chi connectivity index (χ0v) is 12.0. The van der Waals surface area contributed by atoms with E-state index in [4.69, 9.17) is 5.73 Å². The maximum atomic E-state index is 13.2. The lowest BCUT2D eigenvalue weighted by molar-refractivity contribution is 0.391. The van der Waals surface area contributed by atoms with Crippen LogP contribution in [0, 0.1) is 5.82 Å². The van der Waals surface area contributed by atoms with Crippen LogP contribution >= 0.6 is 0 Å². The van der Waals surface area contributed by atoms with Gasteiger partial charge in [0.15, 0.2) is 0 Å². The molecule has 0 saturated heterocycles. The van der Waals surface area contributed by atoms with Crippen LogP contribution in [-0.2, 0) is 23.0 Å². The predicted octanol–water partition coefficient (Wildman–Crippen LogP) is 1.55. The molecule has 1 aromatic carbocycles. The molecule has 3 rings (SSSR count). The molecular weight excluding hydrogens is 293 g/mol. The predicted molar refractivity (Wildman–Crippen MR) is 76.3 cm³/mol. The molecule has 7 heteroatoms. The lowest BCUT2D eigenvalue weighted by Gasteiger charge is -2.28. The summed E-state index contributed by atoms with van der Waals surface area (Å²) in [5.41, 5.74) is 8.31. The average Bonchev–Trinajstić information content (AvgIpc) is 2.46. The van der Waals surface area contributed by atoms with Gasteiger partial charge < -0.3 is 5.73 Å². The summed E-state index contributed by atoms with van der Waals surface area (Å²) >= 11 is 0. The van der Waals surface area contributed by atoms with Crippen molar-refractivity contribution in [2.24, 2.45) is 0 Å². The van der Waals surface area contributed by atoms with Gasteiger partial charge in [-0.3, -0.25) is 4.98 Å². The third kappa shape index (κ3) is 2.62. The van der Waals surface area contributed by atoms with Gasteiger partial charge in [-0.1, -0.05) is 6.07 Å². The highest BCUT2D eigenvalue weighted by Crippen LogP contribution is 2.26. The molecule has 0 unspecified atom stereocenters. The third-order valence-corrected chi connectivity index (χ3v) is 5.34. The number of fused-ring (bicyclic) bond motifs is 1. The fourth-order valence-corrected chi connectivity index (χ4v) is 3.83. The van der Waals surface area contributed by atoms with Crippen LogP contribution in [0.15, 0.2) is 41.6 Å². The third-order valence-electron chi connectivity index (χ3n) is 3.53. The fourth-order valence-electron chi connectivity index (χ4n) is 2.44. The molecule has 0 spiro atoms. The molecule has 0 fully saturated rings. The Labute approximate surface area is 122 Å². The van der Waals surface area contributed by atoms with Crippen molar-refractivity contribution in [3.05, 3.63) is 53.6 Å². The molecule has 21 heavy (non-hydrogen) atoms. The highest BCUT2D eigenvalue weighted by Gasteiger charge is 2.28. The van der Waals surface area contributed by atoms with E-state index in [9.17, 15) is 12.8 Å². The molecule has 1 aliphatic rings. The summed E-state index contributed by atoms with van der Waals surface area (Å²) in [4.78, 5) is 3.47. The number of nitrogen functional groups attached to an aromatic ring is 1. The van der Waals surface area contributed by atoms with Gasteiger partial charge in [0, 0.05) is 25.0 Å². The van der Waals surface area contributed by atoms with Gasteiger partial charge in [0.2, 0.25) is 10.0 Å². The number of nitrogens with two attached hydrogens (primary N) is 1. The van der Waals surface area contributed by atoms with Crippen molar-refractivity contribution >= 4 is 15.7 Å². The van der Waals surface area contributed by atoms with Crippen LogP contribution in [0.2, 0.25) is 0 Å². The van der Waals surface area contributed by atoms with E-state index in [1.807, 2.05) is 6.07 Å². The van der Waals surface area contributed by atoms with Crippen molar-refractivity contribution < 1.29 is 12.8 Å². The smallest absolute Gasteiger partial charge is 0.245 e. The summed E-state index contributed by atoms with van der Waals surface area (Å²) in [6.07, 6.45) is 2.75. The van der Waals surface area contributed by atoms with Crippen LogP contribution in [0.25, 0.3) is 0 Å². The van der Waals surface area contributed by atoms with Crippen molar-refractivity contribution in [1.82, 2.24) is 9.29 Å². The second kappa shape index (κ2) is 5.09. The van der Waals surface area contributed by atoms with Crippen molar-refractivity contribution in [3.8, 4) is 0 Å². The highest BCUT2D eigenvalue weighted by molar-refractivity contribution is 7.89. The number of rotatable bonds is 2. The standard InChI is InChI=1S/C14H14FN3O2S/c15-12-6-14(8-17-7-12)21(19,20)18-4-3-10-1-2-13(16)5-11(10)9-18/h1-2,5-8H,3-4,9,16H2. The molecule has 110 valence electrons. The molecule has 2 N–H and O–H groups in total. The minimum absolute atomic E-state index is 0.130. The summed E-state index contributed by atoms with van der Waals surface area (Å²) in [5.74, 6) is -0.669. The van der Waals surface area contributed by atoms with Crippen LogP contribution < -0.4 is 5.73 Å². The Morgan fingerprint density at radius 2 is 2.00 bits per heavy atom. The number of halogens is 1. The van der Waals surface area contributed by atoms with Crippen molar-refractivity contribution in [1.29, 1.82) is 0 Å². The van der Waals surface area contributed by atoms with Crippen LogP contribution in [0.5, 0.6) is 0 Å². The summed E-state index contributed by atoms with van der Waals surface area (Å²) in [5, 5.41) is 0. The zero-order chi connectivity index (χ0) is 15.0. The maximum absolute atomic E-state index is 13.2. The van der Waals surface area contributed by atoms with E-state index in [1.165, 1.54) is 4.31 Å². The Hall–Kier alpha value is -1.99. The quantitative estimate of drug-likeness (QED) is 0.854. The first-order valence-corrected chi connectivity index (χ1v) is 7.89. The van der Waals surface area contributed by atoms with Crippen LogP contribution in [0.1, 0.15) is 11.1 Å². The minimum Gasteiger partial charge on any atom is -0.399 e. The molecular formula is C14H14FN3O2S. The van der Waals surface area contributed by atoms with Gasteiger partial charge in [-0.25, -0.2) is 12.8 Å². The molecule has 0 atom stereocenters. The van der Waals surface area contributed by atoms with Crippen LogP contribution in [0.4, 0.5) is 10.1 Å². The molecule has 2 aromatic rings. The van der Waals surface area contributed by atoms with Gasteiger partial charge in [-0.05, 0) is 35.7 Å². The Kier molecular flexibility index (Phi) is 3.38. The molecule has 0 radical (unpaired) electrons. The zero-order valence-electron chi connectivity index (χ0n) is 11.2. The fraction of sp³-hybridized carbons (Fsp3) is 0.214. The van der Waals surface area contributed by atoms with E-state index in [0.717, 1.165) is 29.6 Å². The largest absolute Gasteiger partial charge is 0.399 e. The molecule has 0 bridgehead atoms. The van der Waals surface area contributed by atoms with E-state index < -0.39 is 15.8 Å². The SMILES string of the molecule is Nc1ccc2c(c1)CN(S(=O)(=O)c1cncc(F)c1)CC2. The van der Waals surface area contributed by atoms with Crippen molar-refractivity contribution in [2.45, 2.75) is 17.9 Å². The number of nitrogens with zero attached hydrogens (tertiary/aromatic N) is 2. The highest BCUT2D eigenvalue weighted by atomic mass is 32.2. The number of hydrogen-bond donors (Lipinski definition) is 1. The number of aromatic nitrogens is 1. The second-order valence-electron chi connectivity index (χ2n) is 4.96. The number of benzene rings is 1. The topological polar surface area (TPSA) is 76.3 Å². The van der Waals surface area contributed by atoms with E-state index in [0.29, 0.717) is 18.7 Å². The molecule has 0 aliphatic carbocycles. The summed E-state index contributed by atoms with van der Waals surface area (Å²) in [7, 11) is -3.75. The van der Waals surface area contributed by atoms with Gasteiger partial charge in [-0.15, -0.1) is 0 Å². The molecule has 2 heterocycles. The first-order valence-electron chi connectivity index (χ1n) is 6.45. The van der Waals surface area contributed by atoms with E-state index >= 15 is 0 Å². The second-order valence-corrected chi connectivity index (χ2v) is 6.89. The first kappa shape index (κ1) is 14.0. The van der Waals surface area contributed by atoms with Crippen molar-refractivity contribution in [3.63, 3.8) is 0 Å². The Balaban J connectivity index is 1.95. The number of pyridine rings is 1. The monoisotopic (exact) mass is 307 g/mol. The maximum Gasteiger partial charge on any atom is 0.245 e. The molecule has 0 amide bonds. The number of hydrogen-bond acceptors (Lipinski definition) is 4. The lowest BCUT2D eigenvalue weighted by atomic mass is 10.0. The van der Waals surface area contributed by atoms with Gasteiger partial charge in [-0.2, -0.15) is 4.31 Å². The normalized spacial score (nSPS) is 15.7. The number of sulfonamides is 1. The molecule has 5 nitrogen and oxygen atoms in total. The van der Waals surface area contributed by atoms with E-state index in [1.54, 1.807) is 12.1 Å². The van der Waals surface area contributed by atoms with Gasteiger partial charge in [0.1, 0.15) is 10.7 Å². The van der Waals surface area contributed by atoms with E-state index in [-0.39, 0.29) is 11.4 Å². The van der Waals surface area contributed by atoms with E-state index in [2.05, 4.69) is 4.98 Å². The minimum atomic E-state index is -3.75. The van der Waals surface area contributed by atoms with Gasteiger partial charge in [0.05, 0.1) is 6.20 Å². The Morgan fingerprint density at radius 3 is 2.76 bits per heavy atom. The van der Waals surface area contributed by atoms with Crippen LogP contribution in [-0.4, -0.2) is 24.3 Å². The summed E-state index contributed by atoms with van der Waals surface area (Å²) in [6, 6.07) is 6.48. The van der Waals surface area contributed by atoms with Crippen molar-refractivity contribution in [2.75, 3.05) is 12.3 Å². The molecule has 1 aliphatic heterocycles. The lowest BCUT2D eigenvalue weighted by Crippen LogP contribution is -2.36. The summed E-state index contributed by atoms with van der Waals surface area (Å²) in [6.45, 7) is 0.592. The Bertz CT molecular complexity index is 793. The first-order chi connectivity index (χ1) is 9.96. The van der Waals surface area contributed by atoms with Gasteiger partial charge >= 0.3 is 0 Å².